The van der Waals surface area contributed by atoms with Gasteiger partial charge >= 0.3 is 0 Å². The highest BCUT2D eigenvalue weighted by atomic mass is 16.5. The monoisotopic (exact) mass is 420 g/mol. The third kappa shape index (κ3) is 8.90. The number of aliphatic imine (C=N–C) groups is 1. The van der Waals surface area contributed by atoms with Crippen LogP contribution in [0.4, 0.5) is 0 Å². The van der Waals surface area contributed by atoms with Crippen molar-refractivity contribution in [3.05, 3.63) is 29.8 Å². The number of hydrogen-bond acceptors (Lipinski definition) is 5. The molecule has 1 aromatic carbocycles. The molecule has 1 heterocycles. The van der Waals surface area contributed by atoms with Crippen LogP contribution in [0.1, 0.15) is 40.2 Å². The summed E-state index contributed by atoms with van der Waals surface area (Å²) in [5.41, 5.74) is 0.468. The quantitative estimate of drug-likeness (QED) is 0.322. The fourth-order valence-corrected chi connectivity index (χ4v) is 3.27. The van der Waals surface area contributed by atoms with Crippen LogP contribution >= 0.6 is 0 Å². The zero-order valence-electron chi connectivity index (χ0n) is 19.3. The molecule has 0 spiro atoms. The van der Waals surface area contributed by atoms with Crippen molar-refractivity contribution in [2.75, 3.05) is 59.1 Å². The Morgan fingerprint density at radius 2 is 1.93 bits per heavy atom. The third-order valence-corrected chi connectivity index (χ3v) is 4.95. The maximum Gasteiger partial charge on any atom is 0.191 e. The number of morpholine rings is 1. The Bertz CT molecular complexity index is 665. The molecule has 3 N–H and O–H groups in total. The van der Waals surface area contributed by atoms with Crippen LogP contribution in [0.2, 0.25) is 0 Å². The Hall–Kier alpha value is -1.83. The molecule has 7 heteroatoms. The molecule has 1 atom stereocenters. The second-order valence-corrected chi connectivity index (χ2v) is 9.13. The van der Waals surface area contributed by atoms with Gasteiger partial charge in [-0.15, -0.1) is 0 Å². The highest BCUT2D eigenvalue weighted by molar-refractivity contribution is 5.79. The van der Waals surface area contributed by atoms with Crippen LogP contribution in [-0.2, 0) is 10.2 Å². The average Bonchev–Trinajstić information content (AvgIpc) is 2.69. The molecule has 1 aliphatic heterocycles. The number of nitrogens with zero attached hydrogens (tertiary/aromatic N) is 2. The first-order valence-electron chi connectivity index (χ1n) is 11.0. The fraction of sp³-hybridized carbons (Fsp3) is 0.696. The molecule has 7 nitrogen and oxygen atoms in total. The van der Waals surface area contributed by atoms with Gasteiger partial charge in [0.2, 0.25) is 0 Å². The van der Waals surface area contributed by atoms with Gasteiger partial charge in [-0.25, -0.2) is 0 Å². The molecule has 1 unspecified atom stereocenters. The molecule has 0 radical (unpaired) electrons. The molecular formula is C23H40N4O3. The van der Waals surface area contributed by atoms with E-state index in [4.69, 9.17) is 9.47 Å². The van der Waals surface area contributed by atoms with E-state index in [1.165, 1.54) is 5.56 Å². The Morgan fingerprint density at radius 1 is 1.20 bits per heavy atom. The van der Waals surface area contributed by atoms with Crippen LogP contribution in [0.3, 0.4) is 0 Å². The average molecular weight is 421 g/mol. The summed E-state index contributed by atoms with van der Waals surface area (Å²) in [7, 11) is 0. The van der Waals surface area contributed by atoms with Crippen molar-refractivity contribution in [1.29, 1.82) is 0 Å². The van der Waals surface area contributed by atoms with E-state index in [1.54, 1.807) is 0 Å². The first-order chi connectivity index (χ1) is 14.2. The Labute approximate surface area is 181 Å². The number of nitrogens with one attached hydrogen (secondary N) is 2. The van der Waals surface area contributed by atoms with Crippen molar-refractivity contribution >= 4 is 5.96 Å². The molecule has 1 saturated heterocycles. The van der Waals surface area contributed by atoms with Crippen LogP contribution in [0.5, 0.6) is 5.75 Å². The van der Waals surface area contributed by atoms with E-state index in [-0.39, 0.29) is 5.41 Å². The van der Waals surface area contributed by atoms with E-state index in [0.29, 0.717) is 32.2 Å². The van der Waals surface area contributed by atoms with Gasteiger partial charge in [-0.3, -0.25) is 9.89 Å². The summed E-state index contributed by atoms with van der Waals surface area (Å²) in [6.07, 6.45) is 0. The van der Waals surface area contributed by atoms with Crippen LogP contribution in [0.15, 0.2) is 29.3 Å². The summed E-state index contributed by atoms with van der Waals surface area (Å²) >= 11 is 0. The van der Waals surface area contributed by atoms with E-state index in [1.807, 2.05) is 26.0 Å². The smallest absolute Gasteiger partial charge is 0.191 e. The minimum atomic E-state index is -0.885. The SMILES string of the molecule is CCNC(=NCC(C)(O)CN1CCOCC1)NCCOc1cccc(C(C)(C)C)c1. The van der Waals surface area contributed by atoms with Crippen molar-refractivity contribution in [2.45, 2.75) is 45.6 Å². The lowest BCUT2D eigenvalue weighted by Gasteiger charge is -2.33. The molecule has 0 amide bonds. The largest absolute Gasteiger partial charge is 0.492 e. The summed E-state index contributed by atoms with van der Waals surface area (Å²) in [6.45, 7) is 16.4. The Balaban J connectivity index is 1.80. The molecule has 1 aromatic rings. The van der Waals surface area contributed by atoms with Crippen LogP contribution < -0.4 is 15.4 Å². The minimum Gasteiger partial charge on any atom is -0.492 e. The zero-order chi connectivity index (χ0) is 22.0. The molecule has 0 saturated carbocycles. The molecule has 0 aliphatic carbocycles. The normalized spacial score (nSPS) is 18.0. The standard InChI is InChI=1S/C23H40N4O3/c1-6-24-21(26-17-23(5,28)18-27-11-14-29-15-12-27)25-10-13-30-20-9-7-8-19(16-20)22(2,3)4/h7-9,16,28H,6,10-15,17-18H2,1-5H3,(H2,24,25,26). The van der Waals surface area contributed by atoms with Gasteiger partial charge in [0.1, 0.15) is 12.4 Å². The number of ether oxygens (including phenoxy) is 2. The number of rotatable bonds is 9. The predicted octanol–water partition coefficient (Wildman–Crippen LogP) is 2.00. The topological polar surface area (TPSA) is 78.4 Å². The molecule has 170 valence electrons. The van der Waals surface area contributed by atoms with Gasteiger partial charge in [0, 0.05) is 26.2 Å². The number of hydrogen-bond donors (Lipinski definition) is 3. The highest BCUT2D eigenvalue weighted by Crippen LogP contribution is 2.25. The van der Waals surface area contributed by atoms with E-state index in [2.05, 4.69) is 53.4 Å². The lowest BCUT2D eigenvalue weighted by atomic mass is 9.87. The van der Waals surface area contributed by atoms with Crippen LogP contribution in [0.25, 0.3) is 0 Å². The first-order valence-corrected chi connectivity index (χ1v) is 11.0. The molecule has 30 heavy (non-hydrogen) atoms. The zero-order valence-corrected chi connectivity index (χ0v) is 19.3. The van der Waals surface area contributed by atoms with Crippen molar-refractivity contribution in [2.24, 2.45) is 4.99 Å². The predicted molar refractivity (Wildman–Crippen MR) is 123 cm³/mol. The van der Waals surface area contributed by atoms with Crippen LogP contribution in [-0.4, -0.2) is 80.7 Å². The van der Waals surface area contributed by atoms with Gasteiger partial charge in [-0.05, 0) is 37.0 Å². The van der Waals surface area contributed by atoms with Gasteiger partial charge in [0.25, 0.3) is 0 Å². The van der Waals surface area contributed by atoms with Gasteiger partial charge in [-0.2, -0.15) is 0 Å². The molecule has 2 rings (SSSR count). The summed E-state index contributed by atoms with van der Waals surface area (Å²) in [5, 5.41) is 17.2. The van der Waals surface area contributed by atoms with Gasteiger partial charge in [0.15, 0.2) is 5.96 Å². The van der Waals surface area contributed by atoms with Crippen molar-refractivity contribution in [3.63, 3.8) is 0 Å². The van der Waals surface area contributed by atoms with E-state index in [0.717, 1.165) is 38.6 Å². The van der Waals surface area contributed by atoms with Crippen molar-refractivity contribution < 1.29 is 14.6 Å². The second kappa shape index (κ2) is 11.5. The molecule has 1 fully saturated rings. The van der Waals surface area contributed by atoms with Gasteiger partial charge in [0.05, 0.1) is 31.9 Å². The van der Waals surface area contributed by atoms with E-state index in [9.17, 15) is 5.11 Å². The Kier molecular flexibility index (Phi) is 9.39. The maximum atomic E-state index is 10.7. The molecule has 0 bridgehead atoms. The van der Waals surface area contributed by atoms with Crippen molar-refractivity contribution in [3.8, 4) is 5.75 Å². The summed E-state index contributed by atoms with van der Waals surface area (Å²) in [6, 6.07) is 8.24. The van der Waals surface area contributed by atoms with E-state index < -0.39 is 5.60 Å². The molecule has 1 aliphatic rings. The molecular weight excluding hydrogens is 380 g/mol. The lowest BCUT2D eigenvalue weighted by Crippen LogP contribution is -2.48. The summed E-state index contributed by atoms with van der Waals surface area (Å²) < 4.78 is 11.3. The Morgan fingerprint density at radius 3 is 2.60 bits per heavy atom. The summed E-state index contributed by atoms with van der Waals surface area (Å²) in [5.74, 6) is 1.56. The molecule has 0 aromatic heterocycles. The van der Waals surface area contributed by atoms with Crippen molar-refractivity contribution in [1.82, 2.24) is 15.5 Å². The fourth-order valence-electron chi connectivity index (χ4n) is 3.27. The van der Waals surface area contributed by atoms with Crippen LogP contribution in [0, 0.1) is 0 Å². The highest BCUT2D eigenvalue weighted by Gasteiger charge is 2.25. The maximum absolute atomic E-state index is 10.7. The number of benzene rings is 1. The number of aliphatic hydroxyl groups is 1. The number of β-amino-alcohol motifs (C(OH)–C–C–N with tert-alkyl or cyclic N) is 1. The first kappa shape index (κ1) is 24.4. The number of guanidine groups is 1. The van der Waals surface area contributed by atoms with Gasteiger partial charge in [-0.1, -0.05) is 32.9 Å². The third-order valence-electron chi connectivity index (χ3n) is 4.95. The van der Waals surface area contributed by atoms with Gasteiger partial charge < -0.3 is 25.2 Å². The lowest BCUT2D eigenvalue weighted by molar-refractivity contribution is -0.0179. The summed E-state index contributed by atoms with van der Waals surface area (Å²) in [4.78, 5) is 6.79. The van der Waals surface area contributed by atoms with E-state index >= 15 is 0 Å². The minimum absolute atomic E-state index is 0.0979. The second-order valence-electron chi connectivity index (χ2n) is 9.13.